The van der Waals surface area contributed by atoms with Gasteiger partial charge in [0.05, 0.1) is 0 Å². The molecule has 3 aromatic carbocycles. The smallest absolute Gasteiger partial charge is 0.359 e. The van der Waals surface area contributed by atoms with E-state index in [0.29, 0.717) is 11.5 Å². The molecule has 3 aromatic rings. The molecule has 3 rings (SSSR count). The van der Waals surface area contributed by atoms with Crippen LogP contribution >= 0.6 is 15.2 Å². The molecule has 0 saturated heterocycles. The molecule has 182 valence electrons. The fourth-order valence-corrected chi connectivity index (χ4v) is 4.35. The molecule has 4 N–H and O–H groups in total. The van der Waals surface area contributed by atoms with Crippen molar-refractivity contribution in [2.24, 2.45) is 0 Å². The summed E-state index contributed by atoms with van der Waals surface area (Å²) >= 11 is 0. The number of ether oxygens (including phenoxy) is 4. The molecule has 0 aliphatic rings. The van der Waals surface area contributed by atoms with E-state index in [1.54, 1.807) is 36.4 Å². The lowest BCUT2D eigenvalue weighted by molar-refractivity contribution is 0.192. The van der Waals surface area contributed by atoms with E-state index in [2.05, 4.69) is 0 Å². The highest BCUT2D eigenvalue weighted by molar-refractivity contribution is 7.60. The van der Waals surface area contributed by atoms with Gasteiger partial charge in [-0.2, -0.15) is 0 Å². The van der Waals surface area contributed by atoms with Gasteiger partial charge in [-0.1, -0.05) is 36.4 Å². The molecule has 0 aliphatic carbocycles. The molecule has 0 unspecified atom stereocenters. The summed E-state index contributed by atoms with van der Waals surface area (Å²) in [7, 11) is -8.92. The standard InChI is InChI=1S/C22H24O10P2/c23-33(24,25)21-11-5-3-9-19(21)31-15-13-29-17-7-1-2-8-18(17)30-14-16-32-20-10-4-6-12-22(20)34(26,27)28/h1-12H,13-16H2,(H2,23,24,25)(H2,26,27,28). The van der Waals surface area contributed by atoms with Gasteiger partial charge < -0.3 is 38.5 Å². The van der Waals surface area contributed by atoms with Crippen molar-refractivity contribution in [1.82, 2.24) is 0 Å². The van der Waals surface area contributed by atoms with Crippen molar-refractivity contribution in [3.8, 4) is 23.0 Å². The Morgan fingerprint density at radius 1 is 0.471 bits per heavy atom. The van der Waals surface area contributed by atoms with Crippen LogP contribution in [0.4, 0.5) is 0 Å². The number of hydrogen-bond acceptors (Lipinski definition) is 6. The molecular formula is C22H24O10P2. The quantitative estimate of drug-likeness (QED) is 0.211. The van der Waals surface area contributed by atoms with Gasteiger partial charge in [0.2, 0.25) is 0 Å². The SMILES string of the molecule is O=P(O)(O)c1ccccc1OCCOc1ccccc1OCCOc1ccccc1P(=O)(O)O. The van der Waals surface area contributed by atoms with Crippen molar-refractivity contribution in [3.63, 3.8) is 0 Å². The van der Waals surface area contributed by atoms with Crippen LogP contribution in [0.15, 0.2) is 72.8 Å². The second-order valence-corrected chi connectivity index (χ2v) is 10.0. The van der Waals surface area contributed by atoms with Crippen LogP contribution in [-0.2, 0) is 9.13 Å². The predicted molar refractivity (Wildman–Crippen MR) is 125 cm³/mol. The Balaban J connectivity index is 1.51. The normalized spacial score (nSPS) is 11.6. The summed E-state index contributed by atoms with van der Waals surface area (Å²) in [6.45, 7) is 0.241. The lowest BCUT2D eigenvalue weighted by Crippen LogP contribution is -2.16. The third-order valence-corrected chi connectivity index (χ3v) is 6.40. The third kappa shape index (κ3) is 7.33. The zero-order valence-electron chi connectivity index (χ0n) is 17.9. The highest BCUT2D eigenvalue weighted by Gasteiger charge is 2.23. The summed E-state index contributed by atoms with van der Waals surface area (Å²) in [4.78, 5) is 37.6. The minimum atomic E-state index is -4.46. The molecule has 12 heteroatoms. The first-order valence-corrected chi connectivity index (χ1v) is 13.3. The Kier molecular flexibility index (Phi) is 8.74. The molecule has 0 atom stereocenters. The van der Waals surface area contributed by atoms with Crippen molar-refractivity contribution in [1.29, 1.82) is 0 Å². The fraction of sp³-hybridized carbons (Fsp3) is 0.182. The first-order chi connectivity index (χ1) is 16.2. The summed E-state index contributed by atoms with van der Waals surface area (Å²) in [6.07, 6.45) is 0. The van der Waals surface area contributed by atoms with Gasteiger partial charge in [0, 0.05) is 0 Å². The molecule has 0 spiro atoms. The van der Waals surface area contributed by atoms with Gasteiger partial charge in [0.25, 0.3) is 0 Å². The molecule has 0 aromatic heterocycles. The van der Waals surface area contributed by atoms with Gasteiger partial charge in [-0.05, 0) is 36.4 Å². The Morgan fingerprint density at radius 3 is 1.06 bits per heavy atom. The van der Waals surface area contributed by atoms with Crippen molar-refractivity contribution < 1.29 is 47.7 Å². The van der Waals surface area contributed by atoms with Crippen LogP contribution in [-0.4, -0.2) is 46.0 Å². The molecule has 0 bridgehead atoms. The summed E-state index contributed by atoms with van der Waals surface area (Å²) in [6, 6.07) is 18.7. The monoisotopic (exact) mass is 510 g/mol. The molecule has 0 radical (unpaired) electrons. The van der Waals surface area contributed by atoms with Crippen LogP contribution in [0.5, 0.6) is 23.0 Å². The van der Waals surface area contributed by atoms with Gasteiger partial charge in [0.1, 0.15) is 48.5 Å². The number of rotatable bonds is 12. The maximum atomic E-state index is 11.6. The van der Waals surface area contributed by atoms with Crippen LogP contribution in [0.2, 0.25) is 0 Å². The first kappa shape index (κ1) is 25.8. The largest absolute Gasteiger partial charge is 0.489 e. The van der Waals surface area contributed by atoms with Crippen LogP contribution in [0.3, 0.4) is 0 Å². The van der Waals surface area contributed by atoms with Gasteiger partial charge >= 0.3 is 15.2 Å². The topological polar surface area (TPSA) is 152 Å². The molecule has 10 nitrogen and oxygen atoms in total. The van der Waals surface area contributed by atoms with Crippen LogP contribution in [0, 0.1) is 0 Å². The van der Waals surface area contributed by atoms with E-state index in [-0.39, 0.29) is 48.5 Å². The van der Waals surface area contributed by atoms with Crippen LogP contribution in [0.1, 0.15) is 0 Å². The zero-order chi connectivity index (χ0) is 24.6. The molecular weight excluding hydrogens is 486 g/mol. The minimum Gasteiger partial charge on any atom is -0.489 e. The van der Waals surface area contributed by atoms with Crippen molar-refractivity contribution in [3.05, 3.63) is 72.8 Å². The highest BCUT2D eigenvalue weighted by atomic mass is 31.2. The van der Waals surface area contributed by atoms with Gasteiger partial charge in [-0.15, -0.1) is 0 Å². The average molecular weight is 510 g/mol. The van der Waals surface area contributed by atoms with E-state index >= 15 is 0 Å². The van der Waals surface area contributed by atoms with E-state index < -0.39 is 15.2 Å². The summed E-state index contributed by atoms with van der Waals surface area (Å²) < 4.78 is 45.4. The second kappa shape index (κ2) is 11.5. The Bertz CT molecular complexity index is 1100. The molecule has 0 amide bonds. The number of para-hydroxylation sites is 4. The zero-order valence-corrected chi connectivity index (χ0v) is 19.7. The van der Waals surface area contributed by atoms with Crippen molar-refractivity contribution in [2.75, 3.05) is 26.4 Å². The Labute approximate surface area is 196 Å². The summed E-state index contributed by atoms with van der Waals surface area (Å²) in [5.74, 6) is 1.00. The molecule has 0 fully saturated rings. The van der Waals surface area contributed by atoms with E-state index in [1.165, 1.54) is 36.4 Å². The minimum absolute atomic E-state index is 0.0353. The highest BCUT2D eigenvalue weighted by Crippen LogP contribution is 2.38. The predicted octanol–water partition coefficient (Wildman–Crippen LogP) is 2.21. The lowest BCUT2D eigenvalue weighted by Gasteiger charge is -2.15. The first-order valence-electron chi connectivity index (χ1n) is 10.1. The molecule has 0 saturated carbocycles. The van der Waals surface area contributed by atoms with E-state index in [1.807, 2.05) is 0 Å². The maximum absolute atomic E-state index is 11.6. The average Bonchev–Trinajstić information content (AvgIpc) is 2.79. The number of hydrogen-bond donors (Lipinski definition) is 4. The van der Waals surface area contributed by atoms with Gasteiger partial charge in [0.15, 0.2) is 11.5 Å². The number of benzene rings is 3. The Hall–Kier alpha value is -2.84. The Morgan fingerprint density at radius 2 is 0.735 bits per heavy atom. The third-order valence-electron chi connectivity index (χ3n) is 4.40. The van der Waals surface area contributed by atoms with Crippen molar-refractivity contribution in [2.45, 2.75) is 0 Å². The van der Waals surface area contributed by atoms with E-state index in [9.17, 15) is 28.7 Å². The van der Waals surface area contributed by atoms with Gasteiger partial charge in [-0.25, -0.2) is 0 Å². The van der Waals surface area contributed by atoms with Crippen molar-refractivity contribution >= 4 is 25.8 Å². The van der Waals surface area contributed by atoms with Gasteiger partial charge in [-0.3, -0.25) is 9.13 Å². The molecule has 0 aliphatic heterocycles. The maximum Gasteiger partial charge on any atom is 0.359 e. The fourth-order valence-electron chi connectivity index (χ4n) is 2.93. The molecule has 0 heterocycles. The lowest BCUT2D eigenvalue weighted by atomic mass is 10.3. The summed E-state index contributed by atoms with van der Waals surface area (Å²) in [5.41, 5.74) is 0. The van der Waals surface area contributed by atoms with E-state index in [0.717, 1.165) is 0 Å². The summed E-state index contributed by atoms with van der Waals surface area (Å²) in [5, 5.41) is -0.391. The van der Waals surface area contributed by atoms with E-state index in [4.69, 9.17) is 18.9 Å². The van der Waals surface area contributed by atoms with Crippen LogP contribution < -0.4 is 29.6 Å². The second-order valence-electron chi connectivity index (χ2n) is 6.86. The molecule has 34 heavy (non-hydrogen) atoms. The van der Waals surface area contributed by atoms with Crippen LogP contribution in [0.25, 0.3) is 0 Å².